The normalized spacial score (nSPS) is 37.8. The van der Waals surface area contributed by atoms with Crippen molar-refractivity contribution in [1.82, 2.24) is 5.32 Å². The van der Waals surface area contributed by atoms with Gasteiger partial charge in [0.05, 0.1) is 5.75 Å². The van der Waals surface area contributed by atoms with Crippen LogP contribution in [0.5, 0.6) is 0 Å². The van der Waals surface area contributed by atoms with E-state index in [0.29, 0.717) is 0 Å². The fraction of sp³-hybridized carbons (Fsp3) is 0.800. The van der Waals surface area contributed by atoms with Crippen molar-refractivity contribution in [2.75, 3.05) is 5.75 Å². The molecular formula is C15H21NO3S. The molecule has 4 rings (SSSR count). The van der Waals surface area contributed by atoms with E-state index in [4.69, 9.17) is 0 Å². The number of thioether (sulfide) groups is 1. The van der Waals surface area contributed by atoms with Crippen molar-refractivity contribution >= 4 is 28.7 Å². The van der Waals surface area contributed by atoms with Gasteiger partial charge in [0.2, 0.25) is 11.8 Å². The molecule has 0 aromatic heterocycles. The van der Waals surface area contributed by atoms with Crippen molar-refractivity contribution in [3.05, 3.63) is 0 Å². The number of amides is 2. The Bertz CT molecular complexity index is 425. The highest BCUT2D eigenvalue weighted by atomic mass is 32.2. The summed E-state index contributed by atoms with van der Waals surface area (Å²) in [6.07, 6.45) is 7.00. The molecule has 4 fully saturated rings. The highest BCUT2D eigenvalue weighted by molar-refractivity contribution is 8.14. The maximum atomic E-state index is 12.6. The van der Waals surface area contributed by atoms with E-state index in [0.717, 1.165) is 48.8 Å². The van der Waals surface area contributed by atoms with Gasteiger partial charge in [-0.25, -0.2) is 0 Å². The Labute approximate surface area is 123 Å². The van der Waals surface area contributed by atoms with Crippen LogP contribution in [0, 0.1) is 23.2 Å². The van der Waals surface area contributed by atoms with Crippen LogP contribution in [-0.2, 0) is 14.4 Å². The van der Waals surface area contributed by atoms with Crippen LogP contribution in [-0.4, -0.2) is 22.7 Å². The Morgan fingerprint density at radius 2 is 1.55 bits per heavy atom. The molecule has 0 radical (unpaired) electrons. The minimum absolute atomic E-state index is 0.0696. The highest BCUT2D eigenvalue weighted by Crippen LogP contribution is 2.61. The molecule has 4 nitrogen and oxygen atoms in total. The Morgan fingerprint density at radius 3 is 2.00 bits per heavy atom. The zero-order chi connectivity index (χ0) is 14.3. The van der Waals surface area contributed by atoms with Crippen LogP contribution >= 0.6 is 11.8 Å². The topological polar surface area (TPSA) is 63.2 Å². The SMILES string of the molecule is CC(=O)NC(=O)CSC(=O)C12CC3CC(CC(C3)C1)C2. The van der Waals surface area contributed by atoms with E-state index in [1.54, 1.807) is 0 Å². The van der Waals surface area contributed by atoms with E-state index in [9.17, 15) is 14.4 Å². The lowest BCUT2D eigenvalue weighted by Crippen LogP contribution is -2.49. The van der Waals surface area contributed by atoms with E-state index in [1.165, 1.54) is 26.2 Å². The number of carbonyl (C=O) groups excluding carboxylic acids is 3. The van der Waals surface area contributed by atoms with E-state index in [1.807, 2.05) is 0 Å². The molecule has 5 heteroatoms. The smallest absolute Gasteiger partial charge is 0.237 e. The number of nitrogens with one attached hydrogen (secondary N) is 1. The quantitative estimate of drug-likeness (QED) is 0.866. The van der Waals surface area contributed by atoms with Gasteiger partial charge in [-0.3, -0.25) is 19.7 Å². The summed E-state index contributed by atoms with van der Waals surface area (Å²) in [5.74, 6) is 1.55. The number of imide groups is 1. The van der Waals surface area contributed by atoms with Crippen LogP contribution in [0.1, 0.15) is 45.4 Å². The Kier molecular flexibility index (Phi) is 3.65. The Morgan fingerprint density at radius 1 is 1.05 bits per heavy atom. The van der Waals surface area contributed by atoms with Crippen LogP contribution in [0.2, 0.25) is 0 Å². The lowest BCUT2D eigenvalue weighted by molar-refractivity contribution is -0.134. The van der Waals surface area contributed by atoms with E-state index >= 15 is 0 Å². The number of hydrogen-bond acceptors (Lipinski definition) is 4. The van der Waals surface area contributed by atoms with Gasteiger partial charge in [-0.2, -0.15) is 0 Å². The van der Waals surface area contributed by atoms with Gasteiger partial charge in [0, 0.05) is 12.3 Å². The summed E-state index contributed by atoms with van der Waals surface area (Å²) >= 11 is 1.11. The molecule has 0 aromatic carbocycles. The van der Waals surface area contributed by atoms with Gasteiger partial charge in [-0.15, -0.1) is 0 Å². The summed E-state index contributed by atoms with van der Waals surface area (Å²) in [7, 11) is 0. The zero-order valence-corrected chi connectivity index (χ0v) is 12.6. The second kappa shape index (κ2) is 5.17. The largest absolute Gasteiger partial charge is 0.296 e. The first-order valence-corrected chi connectivity index (χ1v) is 8.43. The predicted octanol–water partition coefficient (Wildman–Crippen LogP) is 2.13. The van der Waals surface area contributed by atoms with Gasteiger partial charge in [0.1, 0.15) is 0 Å². The third kappa shape index (κ3) is 2.65. The minimum Gasteiger partial charge on any atom is -0.296 e. The third-order valence-corrected chi connectivity index (χ3v) is 6.22. The maximum Gasteiger partial charge on any atom is 0.237 e. The number of rotatable bonds is 3. The van der Waals surface area contributed by atoms with Gasteiger partial charge >= 0.3 is 0 Å². The molecule has 4 aliphatic carbocycles. The van der Waals surface area contributed by atoms with Crippen LogP contribution in [0.25, 0.3) is 0 Å². The lowest BCUT2D eigenvalue weighted by Gasteiger charge is -2.55. The predicted molar refractivity (Wildman–Crippen MR) is 76.9 cm³/mol. The van der Waals surface area contributed by atoms with Gasteiger partial charge in [0.25, 0.3) is 0 Å². The van der Waals surface area contributed by atoms with Gasteiger partial charge in [-0.05, 0) is 56.3 Å². The summed E-state index contributed by atoms with van der Waals surface area (Å²) in [5.41, 5.74) is -0.157. The Hall–Kier alpha value is -0.840. The molecule has 0 aromatic rings. The first-order chi connectivity index (χ1) is 9.47. The fourth-order valence-corrected chi connectivity index (χ4v) is 5.77. The number of carbonyl (C=O) groups is 3. The standard InChI is InChI=1S/C15H21NO3S/c1-9(17)16-13(18)8-20-14(19)15-5-10-2-11(6-15)4-12(3-10)7-15/h10-12H,2-8H2,1H3,(H,16,17,18). The molecule has 20 heavy (non-hydrogen) atoms. The van der Waals surface area contributed by atoms with E-state index in [2.05, 4.69) is 5.32 Å². The average molecular weight is 295 g/mol. The molecule has 1 N–H and O–H groups in total. The monoisotopic (exact) mass is 295 g/mol. The highest BCUT2D eigenvalue weighted by Gasteiger charge is 2.54. The molecule has 4 bridgehead atoms. The summed E-state index contributed by atoms with van der Waals surface area (Å²) in [5, 5.41) is 2.41. The molecule has 0 spiro atoms. The summed E-state index contributed by atoms with van der Waals surface area (Å²) in [6, 6.07) is 0. The van der Waals surface area contributed by atoms with Gasteiger partial charge in [-0.1, -0.05) is 11.8 Å². The molecule has 0 heterocycles. The zero-order valence-electron chi connectivity index (χ0n) is 11.8. The molecule has 0 saturated heterocycles. The van der Waals surface area contributed by atoms with E-state index < -0.39 is 0 Å². The van der Waals surface area contributed by atoms with Crippen molar-refractivity contribution in [3.63, 3.8) is 0 Å². The van der Waals surface area contributed by atoms with E-state index in [-0.39, 0.29) is 28.1 Å². The van der Waals surface area contributed by atoms with Crippen LogP contribution in [0.4, 0.5) is 0 Å². The maximum absolute atomic E-state index is 12.6. The van der Waals surface area contributed by atoms with Crippen LogP contribution < -0.4 is 5.32 Å². The van der Waals surface area contributed by atoms with Crippen molar-refractivity contribution < 1.29 is 14.4 Å². The van der Waals surface area contributed by atoms with Gasteiger partial charge in [0.15, 0.2) is 5.12 Å². The third-order valence-electron chi connectivity index (χ3n) is 5.12. The molecule has 2 amide bonds. The summed E-state index contributed by atoms with van der Waals surface area (Å²) in [4.78, 5) is 34.9. The summed E-state index contributed by atoms with van der Waals surface area (Å²) in [6.45, 7) is 1.31. The molecule has 4 saturated carbocycles. The molecule has 0 atom stereocenters. The van der Waals surface area contributed by atoms with Crippen molar-refractivity contribution in [2.24, 2.45) is 23.2 Å². The number of hydrogen-bond donors (Lipinski definition) is 1. The van der Waals surface area contributed by atoms with Crippen LogP contribution in [0.15, 0.2) is 0 Å². The molecule has 0 unspecified atom stereocenters. The molecule has 0 aliphatic heterocycles. The molecular weight excluding hydrogens is 274 g/mol. The van der Waals surface area contributed by atoms with Gasteiger partial charge < -0.3 is 0 Å². The fourth-order valence-electron chi connectivity index (χ4n) is 4.88. The molecule has 4 aliphatic rings. The van der Waals surface area contributed by atoms with Crippen molar-refractivity contribution in [1.29, 1.82) is 0 Å². The second-order valence-electron chi connectivity index (χ2n) is 6.88. The lowest BCUT2D eigenvalue weighted by atomic mass is 9.50. The average Bonchev–Trinajstić information content (AvgIpc) is 2.33. The van der Waals surface area contributed by atoms with Crippen molar-refractivity contribution in [2.45, 2.75) is 45.4 Å². The summed E-state index contributed by atoms with van der Waals surface area (Å²) < 4.78 is 0. The first-order valence-electron chi connectivity index (χ1n) is 7.44. The van der Waals surface area contributed by atoms with Crippen molar-refractivity contribution in [3.8, 4) is 0 Å². The molecule has 110 valence electrons. The Balaban J connectivity index is 1.60. The minimum atomic E-state index is -0.363. The first kappa shape index (κ1) is 14.1. The van der Waals surface area contributed by atoms with Crippen LogP contribution in [0.3, 0.4) is 0 Å². The second-order valence-corrected chi connectivity index (χ2v) is 7.83.